The van der Waals surface area contributed by atoms with Crippen molar-refractivity contribution in [1.29, 1.82) is 0 Å². The number of carbonyl (C=O) groups is 1. The van der Waals surface area contributed by atoms with Crippen molar-refractivity contribution < 1.29 is 9.72 Å². The van der Waals surface area contributed by atoms with Gasteiger partial charge in [-0.25, -0.2) is 0 Å². The normalized spacial score (nSPS) is 10.7. The second-order valence-corrected chi connectivity index (χ2v) is 7.60. The molecule has 0 bridgehead atoms. The summed E-state index contributed by atoms with van der Waals surface area (Å²) in [7, 11) is 0. The number of carbonyl (C=O) groups excluding carboxylic acids is 1. The summed E-state index contributed by atoms with van der Waals surface area (Å²) < 4.78 is 1.86. The third-order valence-electron chi connectivity index (χ3n) is 5.03. The van der Waals surface area contributed by atoms with Gasteiger partial charge in [-0.3, -0.25) is 19.6 Å². The van der Waals surface area contributed by atoms with Crippen LogP contribution in [-0.2, 0) is 13.1 Å². The Morgan fingerprint density at radius 1 is 1.06 bits per heavy atom. The summed E-state index contributed by atoms with van der Waals surface area (Å²) in [6, 6.07) is 21.8. The maximum atomic E-state index is 12.6. The number of nitro groups is 1. The molecule has 0 aliphatic rings. The predicted molar refractivity (Wildman–Crippen MR) is 122 cm³/mol. The van der Waals surface area contributed by atoms with Gasteiger partial charge in [0.25, 0.3) is 11.6 Å². The number of amides is 1. The lowest BCUT2D eigenvalue weighted by Crippen LogP contribution is -2.24. The van der Waals surface area contributed by atoms with Crippen LogP contribution in [0.2, 0.25) is 5.02 Å². The van der Waals surface area contributed by atoms with Crippen molar-refractivity contribution in [2.75, 3.05) is 0 Å². The number of halogens is 1. The van der Waals surface area contributed by atoms with Gasteiger partial charge in [0.15, 0.2) is 0 Å². The molecule has 0 saturated carbocycles. The van der Waals surface area contributed by atoms with Gasteiger partial charge >= 0.3 is 0 Å². The van der Waals surface area contributed by atoms with Gasteiger partial charge in [-0.05, 0) is 40.5 Å². The van der Waals surface area contributed by atoms with Gasteiger partial charge in [-0.2, -0.15) is 5.10 Å². The highest BCUT2D eigenvalue weighted by Crippen LogP contribution is 2.26. The molecule has 8 heteroatoms. The molecule has 4 rings (SSSR count). The van der Waals surface area contributed by atoms with E-state index in [1.807, 2.05) is 65.5 Å². The van der Waals surface area contributed by atoms with Crippen LogP contribution in [0, 0.1) is 10.1 Å². The number of benzene rings is 3. The summed E-state index contributed by atoms with van der Waals surface area (Å²) in [6.07, 6.45) is 3.66. The molecular formula is C24H19ClN4O3. The summed E-state index contributed by atoms with van der Waals surface area (Å²) in [5, 5.41) is 18.5. The zero-order valence-electron chi connectivity index (χ0n) is 16.9. The molecule has 1 aromatic heterocycles. The Labute approximate surface area is 189 Å². The molecule has 0 spiro atoms. The second kappa shape index (κ2) is 9.45. The minimum atomic E-state index is -0.612. The Kier molecular flexibility index (Phi) is 6.28. The largest absolute Gasteiger partial charge is 0.348 e. The molecule has 1 amide bonds. The lowest BCUT2D eigenvalue weighted by molar-refractivity contribution is -0.385. The van der Waals surface area contributed by atoms with Crippen LogP contribution in [0.3, 0.4) is 0 Å². The Balaban J connectivity index is 1.51. The van der Waals surface area contributed by atoms with Gasteiger partial charge in [-0.1, -0.05) is 60.1 Å². The number of hydrogen-bond acceptors (Lipinski definition) is 4. The van der Waals surface area contributed by atoms with E-state index in [4.69, 9.17) is 11.6 Å². The first-order valence-corrected chi connectivity index (χ1v) is 10.3. The molecule has 7 nitrogen and oxygen atoms in total. The first kappa shape index (κ1) is 21.3. The molecule has 1 heterocycles. The third kappa shape index (κ3) is 4.84. The van der Waals surface area contributed by atoms with E-state index in [0.717, 1.165) is 22.3 Å². The van der Waals surface area contributed by atoms with E-state index in [-0.39, 0.29) is 22.8 Å². The summed E-state index contributed by atoms with van der Waals surface area (Å²) in [4.78, 5) is 23.3. The molecule has 0 saturated heterocycles. The lowest BCUT2D eigenvalue weighted by Gasteiger charge is -2.12. The van der Waals surface area contributed by atoms with E-state index >= 15 is 0 Å². The third-order valence-corrected chi connectivity index (χ3v) is 5.26. The zero-order valence-corrected chi connectivity index (χ0v) is 17.7. The van der Waals surface area contributed by atoms with Crippen molar-refractivity contribution in [1.82, 2.24) is 15.1 Å². The Morgan fingerprint density at radius 2 is 1.84 bits per heavy atom. The summed E-state index contributed by atoms with van der Waals surface area (Å²) in [5.41, 5.74) is 3.66. The molecule has 0 aliphatic carbocycles. The van der Waals surface area contributed by atoms with E-state index in [2.05, 4.69) is 10.4 Å². The number of hydrogen-bond donors (Lipinski definition) is 1. The van der Waals surface area contributed by atoms with Crippen LogP contribution < -0.4 is 5.32 Å². The van der Waals surface area contributed by atoms with Gasteiger partial charge in [0.05, 0.1) is 11.5 Å². The Bertz CT molecular complexity index is 1250. The monoisotopic (exact) mass is 446 g/mol. The first-order valence-electron chi connectivity index (χ1n) is 9.88. The van der Waals surface area contributed by atoms with Gasteiger partial charge in [-0.15, -0.1) is 0 Å². The lowest BCUT2D eigenvalue weighted by atomic mass is 9.98. The van der Waals surface area contributed by atoms with E-state index in [0.29, 0.717) is 6.54 Å². The van der Waals surface area contributed by atoms with Crippen molar-refractivity contribution in [2.24, 2.45) is 0 Å². The number of rotatable bonds is 7. The highest BCUT2D eigenvalue weighted by molar-refractivity contribution is 6.31. The summed E-state index contributed by atoms with van der Waals surface area (Å²) in [5.74, 6) is -0.530. The molecule has 0 unspecified atom stereocenters. The maximum absolute atomic E-state index is 12.6. The van der Waals surface area contributed by atoms with Gasteiger partial charge < -0.3 is 5.32 Å². The van der Waals surface area contributed by atoms with Crippen LogP contribution in [0.25, 0.3) is 11.1 Å². The highest BCUT2D eigenvalue weighted by atomic mass is 35.5. The SMILES string of the molecule is O=C(NCc1ccccc1-c1ccc(Cn2cccn2)cc1)c1ccc(Cl)cc1[N+](=O)[O-]. The predicted octanol–water partition coefficient (Wildman–Crippen LogP) is 5.09. The molecule has 32 heavy (non-hydrogen) atoms. The van der Waals surface area contributed by atoms with Crippen LogP contribution in [0.4, 0.5) is 5.69 Å². The molecular weight excluding hydrogens is 428 g/mol. The van der Waals surface area contributed by atoms with E-state index < -0.39 is 10.8 Å². The standard InChI is InChI=1S/C24H19ClN4O3/c25-20-10-11-22(23(14-20)29(31)32)24(30)26-15-19-4-1-2-5-21(19)18-8-6-17(7-9-18)16-28-13-3-12-27-28/h1-14H,15-16H2,(H,26,30). The molecule has 1 N–H and O–H groups in total. The number of nitro benzene ring substituents is 1. The van der Waals surface area contributed by atoms with Crippen molar-refractivity contribution in [3.05, 3.63) is 117 Å². The van der Waals surface area contributed by atoms with Crippen LogP contribution >= 0.6 is 11.6 Å². The Morgan fingerprint density at radius 3 is 2.56 bits per heavy atom. The van der Waals surface area contributed by atoms with Gasteiger partial charge in [0.2, 0.25) is 0 Å². The fourth-order valence-electron chi connectivity index (χ4n) is 3.45. The Hall–Kier alpha value is -3.97. The summed E-state index contributed by atoms with van der Waals surface area (Å²) in [6.45, 7) is 0.911. The van der Waals surface area contributed by atoms with Crippen LogP contribution in [0.15, 0.2) is 85.2 Å². The van der Waals surface area contributed by atoms with E-state index in [1.54, 1.807) is 6.20 Å². The van der Waals surface area contributed by atoms with Gasteiger partial charge in [0, 0.05) is 30.0 Å². The molecule has 0 radical (unpaired) electrons. The van der Waals surface area contributed by atoms with Crippen molar-refractivity contribution in [3.63, 3.8) is 0 Å². The van der Waals surface area contributed by atoms with E-state index in [1.165, 1.54) is 18.2 Å². The summed E-state index contributed by atoms with van der Waals surface area (Å²) >= 11 is 5.84. The van der Waals surface area contributed by atoms with Crippen LogP contribution in [-0.4, -0.2) is 20.6 Å². The second-order valence-electron chi connectivity index (χ2n) is 7.16. The van der Waals surface area contributed by atoms with Gasteiger partial charge in [0.1, 0.15) is 5.56 Å². The molecule has 0 aliphatic heterocycles. The fourth-order valence-corrected chi connectivity index (χ4v) is 3.61. The average Bonchev–Trinajstić information content (AvgIpc) is 3.31. The zero-order chi connectivity index (χ0) is 22.5. The quantitative estimate of drug-likeness (QED) is 0.316. The molecule has 3 aromatic carbocycles. The number of aromatic nitrogens is 2. The molecule has 160 valence electrons. The topological polar surface area (TPSA) is 90.1 Å². The van der Waals surface area contributed by atoms with Crippen LogP contribution in [0.5, 0.6) is 0 Å². The molecule has 0 atom stereocenters. The fraction of sp³-hybridized carbons (Fsp3) is 0.0833. The van der Waals surface area contributed by atoms with E-state index in [9.17, 15) is 14.9 Å². The molecule has 4 aromatic rings. The number of nitrogens with one attached hydrogen (secondary N) is 1. The van der Waals surface area contributed by atoms with Crippen molar-refractivity contribution in [2.45, 2.75) is 13.1 Å². The highest BCUT2D eigenvalue weighted by Gasteiger charge is 2.20. The minimum absolute atomic E-state index is 0.0279. The first-order chi connectivity index (χ1) is 15.5. The maximum Gasteiger partial charge on any atom is 0.283 e. The smallest absolute Gasteiger partial charge is 0.283 e. The minimum Gasteiger partial charge on any atom is -0.348 e. The van der Waals surface area contributed by atoms with Crippen molar-refractivity contribution in [3.8, 4) is 11.1 Å². The van der Waals surface area contributed by atoms with Crippen molar-refractivity contribution >= 4 is 23.2 Å². The number of nitrogens with zero attached hydrogens (tertiary/aromatic N) is 3. The van der Waals surface area contributed by atoms with Crippen LogP contribution in [0.1, 0.15) is 21.5 Å². The average molecular weight is 447 g/mol. The molecule has 0 fully saturated rings.